The molecule has 0 bridgehead atoms. The van der Waals surface area contributed by atoms with Crippen molar-refractivity contribution in [2.24, 2.45) is 0 Å². The molecule has 41 heavy (non-hydrogen) atoms. The standard InChI is InChI=1S/C33H38N2O6/c1-2-3-5-8-23-11-16-27(17-12-23)41-32(37)20-15-24-13-18-26(19-14-24)40-31(36)10-7-4-6-9-28-29(33(38)39)21-25(34)22-30(28)35/h11-22H,2-10,34-35H2,1H3,(H,38,39)/b20-15+. The van der Waals surface area contributed by atoms with Crippen molar-refractivity contribution in [3.8, 4) is 11.5 Å². The Morgan fingerprint density at radius 2 is 1.46 bits per heavy atom. The molecule has 0 atom stereocenters. The van der Waals surface area contributed by atoms with Crippen molar-refractivity contribution in [3.63, 3.8) is 0 Å². The van der Waals surface area contributed by atoms with Gasteiger partial charge in [0.05, 0.1) is 5.56 Å². The quantitative estimate of drug-likeness (QED) is 0.0622. The summed E-state index contributed by atoms with van der Waals surface area (Å²) in [6.07, 6.45) is 10.2. The van der Waals surface area contributed by atoms with Gasteiger partial charge in [0.2, 0.25) is 0 Å². The van der Waals surface area contributed by atoms with E-state index in [-0.39, 0.29) is 18.0 Å². The van der Waals surface area contributed by atoms with Crippen molar-refractivity contribution in [1.29, 1.82) is 0 Å². The van der Waals surface area contributed by atoms with Crippen LogP contribution in [0.3, 0.4) is 0 Å². The van der Waals surface area contributed by atoms with Crippen LogP contribution in [0, 0.1) is 0 Å². The van der Waals surface area contributed by atoms with E-state index in [9.17, 15) is 19.5 Å². The maximum atomic E-state index is 12.2. The van der Waals surface area contributed by atoms with Crippen molar-refractivity contribution in [2.45, 2.75) is 64.7 Å². The van der Waals surface area contributed by atoms with Gasteiger partial charge in [-0.3, -0.25) is 4.79 Å². The second-order valence-electron chi connectivity index (χ2n) is 9.90. The van der Waals surface area contributed by atoms with Gasteiger partial charge < -0.3 is 26.0 Å². The molecule has 216 valence electrons. The largest absolute Gasteiger partial charge is 0.478 e. The average molecular weight is 559 g/mol. The van der Waals surface area contributed by atoms with E-state index in [0.29, 0.717) is 54.1 Å². The van der Waals surface area contributed by atoms with Crippen LogP contribution in [0.2, 0.25) is 0 Å². The van der Waals surface area contributed by atoms with Crippen molar-refractivity contribution in [3.05, 3.63) is 89.0 Å². The average Bonchev–Trinajstić information content (AvgIpc) is 2.94. The van der Waals surface area contributed by atoms with E-state index >= 15 is 0 Å². The molecule has 0 spiro atoms. The molecule has 0 amide bonds. The lowest BCUT2D eigenvalue weighted by atomic mass is 9.98. The maximum absolute atomic E-state index is 12.2. The number of esters is 2. The van der Waals surface area contributed by atoms with Crippen LogP contribution in [0.25, 0.3) is 6.08 Å². The summed E-state index contributed by atoms with van der Waals surface area (Å²) in [5.41, 5.74) is 15.0. The number of aryl methyl sites for hydroxylation is 1. The van der Waals surface area contributed by atoms with Gasteiger partial charge in [0.25, 0.3) is 0 Å². The third kappa shape index (κ3) is 10.5. The molecule has 0 heterocycles. The predicted molar refractivity (Wildman–Crippen MR) is 161 cm³/mol. The Morgan fingerprint density at radius 1 is 0.805 bits per heavy atom. The highest BCUT2D eigenvalue weighted by Gasteiger charge is 2.14. The van der Waals surface area contributed by atoms with E-state index in [1.54, 1.807) is 48.5 Å². The van der Waals surface area contributed by atoms with E-state index in [1.807, 2.05) is 12.1 Å². The SMILES string of the molecule is CCCCCc1ccc(OC(=O)/C=C/c2ccc(OC(=O)CCCCCc3c(N)cc(N)cc3C(=O)O)cc2)cc1. The van der Waals surface area contributed by atoms with Gasteiger partial charge >= 0.3 is 17.9 Å². The topological polar surface area (TPSA) is 142 Å². The number of nitrogen functional groups attached to an aromatic ring is 2. The summed E-state index contributed by atoms with van der Waals surface area (Å²) in [5.74, 6) is -0.985. The summed E-state index contributed by atoms with van der Waals surface area (Å²) >= 11 is 0. The summed E-state index contributed by atoms with van der Waals surface area (Å²) in [4.78, 5) is 35.9. The Kier molecular flexibility index (Phi) is 12.0. The van der Waals surface area contributed by atoms with Crippen molar-refractivity contribution < 1.29 is 29.0 Å². The van der Waals surface area contributed by atoms with Crippen LogP contribution in [0.15, 0.2) is 66.7 Å². The van der Waals surface area contributed by atoms with Crippen molar-refractivity contribution in [2.75, 3.05) is 11.5 Å². The Hall–Kier alpha value is -4.59. The van der Waals surface area contributed by atoms with Crippen LogP contribution < -0.4 is 20.9 Å². The van der Waals surface area contributed by atoms with Crippen molar-refractivity contribution in [1.82, 2.24) is 0 Å². The van der Waals surface area contributed by atoms with E-state index in [0.717, 1.165) is 18.4 Å². The lowest BCUT2D eigenvalue weighted by Crippen LogP contribution is -2.09. The number of carbonyl (C=O) groups excluding carboxylic acids is 2. The highest BCUT2D eigenvalue weighted by Crippen LogP contribution is 2.24. The number of carboxylic acid groups (broad SMARTS) is 1. The molecule has 3 rings (SSSR count). The summed E-state index contributed by atoms with van der Waals surface area (Å²) in [7, 11) is 0. The number of hydrogen-bond acceptors (Lipinski definition) is 7. The Balaban J connectivity index is 1.38. The van der Waals surface area contributed by atoms with Crippen LogP contribution in [0.4, 0.5) is 11.4 Å². The molecule has 0 fully saturated rings. The Labute approximate surface area is 241 Å². The molecular formula is C33H38N2O6. The molecule has 0 saturated heterocycles. The van der Waals surface area contributed by atoms with E-state index in [2.05, 4.69) is 6.92 Å². The summed E-state index contributed by atoms with van der Waals surface area (Å²) in [5, 5.41) is 9.39. The number of aromatic carboxylic acids is 1. The van der Waals surface area contributed by atoms with Gasteiger partial charge in [-0.25, -0.2) is 9.59 Å². The van der Waals surface area contributed by atoms with Crippen molar-refractivity contribution >= 4 is 35.4 Å². The molecule has 8 heteroatoms. The van der Waals surface area contributed by atoms with Gasteiger partial charge in [-0.2, -0.15) is 0 Å². The lowest BCUT2D eigenvalue weighted by Gasteiger charge is -2.11. The first kappa shape index (κ1) is 30.9. The molecule has 3 aromatic rings. The van der Waals surface area contributed by atoms with Crippen LogP contribution >= 0.6 is 0 Å². The molecule has 0 saturated carbocycles. The highest BCUT2D eigenvalue weighted by molar-refractivity contribution is 5.92. The first-order valence-corrected chi connectivity index (χ1v) is 14.0. The zero-order chi connectivity index (χ0) is 29.6. The van der Waals surface area contributed by atoms with E-state index in [4.69, 9.17) is 20.9 Å². The molecule has 3 aromatic carbocycles. The van der Waals surface area contributed by atoms with E-state index < -0.39 is 11.9 Å². The van der Waals surface area contributed by atoms with Gasteiger partial charge in [0.15, 0.2) is 0 Å². The molecule has 8 nitrogen and oxygen atoms in total. The minimum Gasteiger partial charge on any atom is -0.478 e. The molecule has 0 unspecified atom stereocenters. The van der Waals surface area contributed by atoms with Gasteiger partial charge in [-0.05, 0) is 91.3 Å². The molecule has 0 aliphatic rings. The zero-order valence-electron chi connectivity index (χ0n) is 23.4. The predicted octanol–water partition coefficient (Wildman–Crippen LogP) is 6.61. The number of nitrogens with two attached hydrogens (primary N) is 2. The smallest absolute Gasteiger partial charge is 0.336 e. The molecule has 0 aliphatic heterocycles. The fourth-order valence-electron chi connectivity index (χ4n) is 4.38. The minimum absolute atomic E-state index is 0.111. The normalized spacial score (nSPS) is 11.0. The third-order valence-corrected chi connectivity index (χ3v) is 6.58. The second kappa shape index (κ2) is 15.9. The molecule has 5 N–H and O–H groups in total. The lowest BCUT2D eigenvalue weighted by molar-refractivity contribution is -0.134. The van der Waals surface area contributed by atoms with Gasteiger partial charge in [0, 0.05) is 23.9 Å². The zero-order valence-corrected chi connectivity index (χ0v) is 23.4. The number of carboxylic acids is 1. The summed E-state index contributed by atoms with van der Waals surface area (Å²) in [6, 6.07) is 17.4. The molecular weight excluding hydrogens is 520 g/mol. The maximum Gasteiger partial charge on any atom is 0.336 e. The number of hydrogen-bond donors (Lipinski definition) is 3. The Morgan fingerprint density at radius 3 is 2.15 bits per heavy atom. The van der Waals surface area contributed by atoms with Gasteiger partial charge in [0.1, 0.15) is 11.5 Å². The fourth-order valence-corrected chi connectivity index (χ4v) is 4.38. The highest BCUT2D eigenvalue weighted by atomic mass is 16.5. The number of ether oxygens (including phenoxy) is 2. The van der Waals surface area contributed by atoms with Crippen LogP contribution in [-0.4, -0.2) is 23.0 Å². The summed E-state index contributed by atoms with van der Waals surface area (Å²) in [6.45, 7) is 2.18. The first-order valence-electron chi connectivity index (χ1n) is 14.0. The van der Waals surface area contributed by atoms with Gasteiger partial charge in [-0.15, -0.1) is 0 Å². The minimum atomic E-state index is -1.07. The number of carbonyl (C=O) groups is 3. The number of benzene rings is 3. The number of unbranched alkanes of at least 4 members (excludes halogenated alkanes) is 4. The molecule has 0 aliphatic carbocycles. The number of rotatable bonds is 15. The Bertz CT molecular complexity index is 1350. The monoisotopic (exact) mass is 558 g/mol. The fraction of sp³-hybridized carbons (Fsp3) is 0.303. The van der Waals surface area contributed by atoms with E-state index in [1.165, 1.54) is 30.5 Å². The first-order chi connectivity index (χ1) is 19.7. The second-order valence-corrected chi connectivity index (χ2v) is 9.90. The third-order valence-electron chi connectivity index (χ3n) is 6.58. The van der Waals surface area contributed by atoms with Gasteiger partial charge in [-0.1, -0.05) is 50.5 Å². The van der Waals surface area contributed by atoms with Crippen LogP contribution in [-0.2, 0) is 22.4 Å². The summed E-state index contributed by atoms with van der Waals surface area (Å²) < 4.78 is 10.8. The van der Waals surface area contributed by atoms with Crippen LogP contribution in [0.5, 0.6) is 11.5 Å². The van der Waals surface area contributed by atoms with Crippen LogP contribution in [0.1, 0.15) is 78.9 Å². The number of anilines is 2. The molecule has 0 radical (unpaired) electrons. The molecule has 0 aromatic heterocycles.